The number of amides is 6. The highest BCUT2D eigenvalue weighted by atomic mass is 19.1. The zero-order valence-corrected chi connectivity index (χ0v) is 37.5. The van der Waals surface area contributed by atoms with Crippen molar-refractivity contribution in [1.82, 2.24) is 30.3 Å². The predicted molar refractivity (Wildman–Crippen MR) is 235 cm³/mol. The highest BCUT2D eigenvalue weighted by Crippen LogP contribution is 2.27. The molecule has 348 valence electrons. The molecule has 64 heavy (non-hydrogen) atoms. The number of carbonyl (C=O) groups excluding carboxylic acids is 6. The molecule has 2 atom stereocenters. The van der Waals surface area contributed by atoms with Crippen molar-refractivity contribution in [2.45, 2.75) is 91.6 Å². The number of fused-ring (bicyclic) bond motifs is 1. The summed E-state index contributed by atoms with van der Waals surface area (Å²) in [6.07, 6.45) is 0.287. The van der Waals surface area contributed by atoms with Crippen LogP contribution < -0.4 is 31.6 Å². The van der Waals surface area contributed by atoms with Gasteiger partial charge in [0.15, 0.2) is 0 Å². The van der Waals surface area contributed by atoms with E-state index in [0.717, 1.165) is 6.07 Å². The third-order valence-electron chi connectivity index (χ3n) is 10.2. The van der Waals surface area contributed by atoms with Crippen LogP contribution in [-0.2, 0) is 41.8 Å². The maximum Gasteiger partial charge on any atom is 0.410 e. The zero-order chi connectivity index (χ0) is 47.5. The maximum atomic E-state index is 15.4. The monoisotopic (exact) mass is 894 g/mol. The van der Waals surface area contributed by atoms with Crippen LogP contribution in [-0.4, -0.2) is 126 Å². The van der Waals surface area contributed by atoms with Crippen molar-refractivity contribution in [2.75, 3.05) is 57.0 Å². The molecule has 2 heterocycles. The minimum absolute atomic E-state index is 0.00837. The van der Waals surface area contributed by atoms with Crippen molar-refractivity contribution >= 4 is 64.1 Å². The van der Waals surface area contributed by atoms with Crippen LogP contribution in [0.3, 0.4) is 0 Å². The topological polar surface area (TPSA) is 238 Å². The van der Waals surface area contributed by atoms with Crippen LogP contribution in [0.1, 0.15) is 76.7 Å². The molecular formula is C44H59FN8O11. The number of nitrogens with one attached hydrogen (secondary N) is 4. The number of anilines is 2. The smallest absolute Gasteiger partial charge is 0.410 e. The molecule has 19 nitrogen and oxygen atoms in total. The number of piperazine rings is 1. The van der Waals surface area contributed by atoms with Crippen LogP contribution in [0.15, 0.2) is 47.4 Å². The molecule has 20 heteroatoms. The molecule has 6 amide bonds. The molecule has 1 unspecified atom stereocenters. The summed E-state index contributed by atoms with van der Waals surface area (Å²) in [6, 6.07) is 6.62. The normalized spacial score (nSPS) is 13.7. The Morgan fingerprint density at radius 2 is 1.58 bits per heavy atom. The van der Waals surface area contributed by atoms with E-state index in [4.69, 9.17) is 9.47 Å². The summed E-state index contributed by atoms with van der Waals surface area (Å²) in [4.78, 5) is 106. The molecule has 0 spiro atoms. The maximum absolute atomic E-state index is 15.4. The average Bonchev–Trinajstić information content (AvgIpc) is 3.23. The first kappa shape index (κ1) is 49.9. The lowest BCUT2D eigenvalue weighted by Crippen LogP contribution is -2.57. The van der Waals surface area contributed by atoms with E-state index in [9.17, 15) is 43.5 Å². The summed E-state index contributed by atoms with van der Waals surface area (Å²) in [5, 5.41) is 19.9. The molecule has 1 fully saturated rings. The Hall–Kier alpha value is -6.73. The summed E-state index contributed by atoms with van der Waals surface area (Å²) in [5.74, 6) is -4.40. The predicted octanol–water partition coefficient (Wildman–Crippen LogP) is 3.66. The molecule has 0 radical (unpaired) electrons. The number of aromatic carboxylic acids is 1. The Labute approximate surface area is 370 Å². The number of aryl methyl sites for hydroxylation is 1. The lowest BCUT2D eigenvalue weighted by molar-refractivity contribution is -0.132. The SMILES string of the molecule is CCn1cc(C(=O)O)c(=O)c2cc(F)c(N3CCN(C(=O)OCc4ccc(NC(=O)[C@H](CNC(=O)OC(C)(C)C)NC(=O)C(NC(=O)CCCC(=O)N(C)C)C(C)C)cc4)CC3)cc21. The molecular weight excluding hydrogens is 836 g/mol. The van der Waals surface area contributed by atoms with E-state index in [1.165, 1.54) is 22.1 Å². The number of alkyl carbamates (subject to hydrolysis) is 1. The van der Waals surface area contributed by atoms with Crippen molar-refractivity contribution in [3.05, 3.63) is 69.8 Å². The fraction of sp³-hybridized carbons (Fsp3) is 0.500. The number of ether oxygens (including phenoxy) is 2. The minimum Gasteiger partial charge on any atom is -0.477 e. The van der Waals surface area contributed by atoms with E-state index in [-0.39, 0.29) is 81.5 Å². The Bertz CT molecular complexity index is 2270. The number of aromatic nitrogens is 1. The van der Waals surface area contributed by atoms with E-state index in [0.29, 0.717) is 23.3 Å². The van der Waals surface area contributed by atoms with E-state index in [2.05, 4.69) is 21.3 Å². The third-order valence-corrected chi connectivity index (χ3v) is 10.2. The number of carboxylic acids is 1. The van der Waals surface area contributed by atoms with Gasteiger partial charge in [-0.3, -0.25) is 24.0 Å². The summed E-state index contributed by atoms with van der Waals surface area (Å²) in [7, 11) is 3.23. The van der Waals surface area contributed by atoms with Crippen molar-refractivity contribution < 1.29 is 52.5 Å². The fourth-order valence-corrected chi connectivity index (χ4v) is 6.71. The second-order valence-corrected chi connectivity index (χ2v) is 16.9. The first-order chi connectivity index (χ1) is 30.1. The molecule has 0 aliphatic carbocycles. The van der Waals surface area contributed by atoms with Gasteiger partial charge in [0.2, 0.25) is 29.1 Å². The molecule has 0 saturated carbocycles. The molecule has 1 aliphatic heterocycles. The van der Waals surface area contributed by atoms with Gasteiger partial charge >= 0.3 is 18.2 Å². The second-order valence-electron chi connectivity index (χ2n) is 16.9. The van der Waals surface area contributed by atoms with Gasteiger partial charge in [-0.1, -0.05) is 26.0 Å². The largest absolute Gasteiger partial charge is 0.477 e. The van der Waals surface area contributed by atoms with Crippen molar-refractivity contribution in [1.29, 1.82) is 0 Å². The van der Waals surface area contributed by atoms with Gasteiger partial charge in [-0.25, -0.2) is 18.8 Å². The number of hydrogen-bond acceptors (Lipinski definition) is 11. The van der Waals surface area contributed by atoms with Gasteiger partial charge in [0.05, 0.1) is 17.7 Å². The highest BCUT2D eigenvalue weighted by Gasteiger charge is 2.30. The van der Waals surface area contributed by atoms with E-state index < -0.39 is 70.4 Å². The average molecular weight is 895 g/mol. The Morgan fingerprint density at radius 3 is 2.16 bits per heavy atom. The summed E-state index contributed by atoms with van der Waals surface area (Å²) in [6.45, 7) is 11.1. The van der Waals surface area contributed by atoms with Crippen LogP contribution in [0, 0.1) is 11.7 Å². The Kier molecular flexibility index (Phi) is 17.2. The Morgan fingerprint density at radius 1 is 0.922 bits per heavy atom. The number of nitrogens with zero attached hydrogens (tertiary/aromatic N) is 4. The highest BCUT2D eigenvalue weighted by molar-refractivity contribution is 5.99. The lowest BCUT2D eigenvalue weighted by atomic mass is 10.0. The van der Waals surface area contributed by atoms with Crippen LogP contribution in [0.4, 0.5) is 25.4 Å². The fourth-order valence-electron chi connectivity index (χ4n) is 6.71. The molecule has 5 N–H and O–H groups in total. The molecule has 1 aromatic heterocycles. The van der Waals surface area contributed by atoms with E-state index in [1.54, 1.807) is 89.4 Å². The quantitative estimate of drug-likeness (QED) is 0.131. The van der Waals surface area contributed by atoms with Crippen LogP contribution in [0.2, 0.25) is 0 Å². The molecule has 0 bridgehead atoms. The molecule has 3 aromatic rings. The third kappa shape index (κ3) is 13.9. The number of halogens is 1. The van der Waals surface area contributed by atoms with Gasteiger partial charge in [0, 0.05) is 76.9 Å². The second kappa shape index (κ2) is 22.1. The van der Waals surface area contributed by atoms with Gasteiger partial charge in [0.1, 0.15) is 35.7 Å². The number of carbonyl (C=O) groups is 7. The number of rotatable bonds is 17. The number of benzene rings is 2. The van der Waals surface area contributed by atoms with Crippen LogP contribution in [0.25, 0.3) is 10.9 Å². The summed E-state index contributed by atoms with van der Waals surface area (Å²) < 4.78 is 27.8. The van der Waals surface area contributed by atoms with Gasteiger partial charge in [-0.05, 0) is 69.9 Å². The van der Waals surface area contributed by atoms with Gasteiger partial charge in [-0.15, -0.1) is 0 Å². The van der Waals surface area contributed by atoms with Gasteiger partial charge < -0.3 is 55.1 Å². The zero-order valence-electron chi connectivity index (χ0n) is 37.5. The first-order valence-corrected chi connectivity index (χ1v) is 21.0. The standard InChI is InChI=1S/C44H59FN8O11/c1-9-51-24-30(41(59)60)38(56)29-21-31(45)34(22-33(29)51)52-17-19-53(20-18-52)43(62)63-25-27-13-15-28(16-14-27)47-39(57)32(23-46-42(61)64-44(4,5)6)48-40(58)37(26(2)3)49-35(54)11-10-12-36(55)50(7)8/h13-16,21-22,24,26,32,37H,9-12,17-20,23,25H2,1-8H3,(H,46,61)(H,47,57)(H,48,58)(H,49,54)(H,59,60)/t32-,37?/m0/s1. The minimum atomic E-state index is -1.40. The number of pyridine rings is 1. The van der Waals surface area contributed by atoms with Crippen LogP contribution >= 0.6 is 0 Å². The van der Waals surface area contributed by atoms with Crippen molar-refractivity contribution in [2.24, 2.45) is 5.92 Å². The van der Waals surface area contributed by atoms with E-state index >= 15 is 4.39 Å². The molecule has 4 rings (SSSR count). The van der Waals surface area contributed by atoms with Gasteiger partial charge in [0.25, 0.3) is 0 Å². The number of hydrogen-bond donors (Lipinski definition) is 5. The van der Waals surface area contributed by atoms with Crippen molar-refractivity contribution in [3.8, 4) is 0 Å². The van der Waals surface area contributed by atoms with Gasteiger partial charge in [-0.2, -0.15) is 0 Å². The number of carboxylic acid groups (broad SMARTS) is 1. The molecule has 1 aliphatic rings. The van der Waals surface area contributed by atoms with Crippen LogP contribution in [0.5, 0.6) is 0 Å². The van der Waals surface area contributed by atoms with E-state index in [1.807, 2.05) is 0 Å². The van der Waals surface area contributed by atoms with Crippen molar-refractivity contribution in [3.63, 3.8) is 0 Å². The first-order valence-electron chi connectivity index (χ1n) is 21.0. The summed E-state index contributed by atoms with van der Waals surface area (Å²) in [5.41, 5.74) is -0.517. The lowest BCUT2D eigenvalue weighted by Gasteiger charge is -2.35. The summed E-state index contributed by atoms with van der Waals surface area (Å²) >= 11 is 0. The Balaban J connectivity index is 1.34. The molecule has 2 aromatic carbocycles. The molecule has 1 saturated heterocycles.